The highest BCUT2D eigenvalue weighted by Gasteiger charge is 2.29. The molecule has 2 amide bonds. The number of hydrogen-bond donors (Lipinski definition) is 1. The predicted molar refractivity (Wildman–Crippen MR) is 55.6 cm³/mol. The molecule has 16 heavy (non-hydrogen) atoms. The third-order valence-electron chi connectivity index (χ3n) is 2.97. The SMILES string of the molecule is O=C(C(=O)N1CCOCC1)N1CC[NH2+]CC1. The van der Waals surface area contributed by atoms with Gasteiger partial charge in [-0.15, -0.1) is 0 Å². The minimum absolute atomic E-state index is 0.352. The van der Waals surface area contributed by atoms with E-state index in [1.165, 1.54) is 0 Å². The van der Waals surface area contributed by atoms with E-state index in [4.69, 9.17) is 4.74 Å². The summed E-state index contributed by atoms with van der Waals surface area (Å²) >= 11 is 0. The van der Waals surface area contributed by atoms with E-state index in [1.54, 1.807) is 9.80 Å². The molecule has 0 unspecified atom stereocenters. The van der Waals surface area contributed by atoms with Crippen LogP contribution in [0.3, 0.4) is 0 Å². The number of rotatable bonds is 0. The van der Waals surface area contributed by atoms with Crippen LogP contribution in [-0.4, -0.2) is 74.1 Å². The van der Waals surface area contributed by atoms with E-state index >= 15 is 0 Å². The van der Waals surface area contributed by atoms with E-state index in [2.05, 4.69) is 5.32 Å². The summed E-state index contributed by atoms with van der Waals surface area (Å²) in [7, 11) is 0. The molecule has 0 aromatic rings. The summed E-state index contributed by atoms with van der Waals surface area (Å²) in [4.78, 5) is 27.0. The highest BCUT2D eigenvalue weighted by Crippen LogP contribution is 2.01. The maximum absolute atomic E-state index is 11.9. The third kappa shape index (κ3) is 2.51. The average Bonchev–Trinajstić information content (AvgIpc) is 2.39. The maximum Gasteiger partial charge on any atom is 0.312 e. The normalized spacial score (nSPS) is 22.0. The molecule has 6 heteroatoms. The molecule has 2 saturated heterocycles. The van der Waals surface area contributed by atoms with Crippen LogP contribution in [-0.2, 0) is 14.3 Å². The van der Waals surface area contributed by atoms with Crippen LogP contribution < -0.4 is 5.32 Å². The van der Waals surface area contributed by atoms with Gasteiger partial charge in [0.15, 0.2) is 0 Å². The molecule has 2 heterocycles. The number of ether oxygens (including phenoxy) is 1. The van der Waals surface area contributed by atoms with Crippen LogP contribution in [0.25, 0.3) is 0 Å². The van der Waals surface area contributed by atoms with Crippen molar-refractivity contribution in [1.29, 1.82) is 0 Å². The van der Waals surface area contributed by atoms with Crippen LogP contribution in [0, 0.1) is 0 Å². The topological polar surface area (TPSA) is 66.5 Å². The number of carbonyl (C=O) groups is 2. The van der Waals surface area contributed by atoms with E-state index < -0.39 is 0 Å². The van der Waals surface area contributed by atoms with Gasteiger partial charge in [0.25, 0.3) is 0 Å². The molecule has 90 valence electrons. The number of amides is 2. The Morgan fingerprint density at radius 1 is 0.875 bits per heavy atom. The standard InChI is InChI=1S/C10H17N3O3/c14-9(12-3-1-11-2-4-12)10(15)13-5-7-16-8-6-13/h11H,1-8H2/p+1. The second kappa shape index (κ2) is 5.27. The molecule has 0 atom stereocenters. The lowest BCUT2D eigenvalue weighted by molar-refractivity contribution is -0.662. The monoisotopic (exact) mass is 228 g/mol. The van der Waals surface area contributed by atoms with Crippen molar-refractivity contribution in [3.63, 3.8) is 0 Å². The van der Waals surface area contributed by atoms with Gasteiger partial charge < -0.3 is 19.9 Å². The summed E-state index contributed by atoms with van der Waals surface area (Å²) < 4.78 is 5.15. The van der Waals surface area contributed by atoms with Crippen LogP contribution in [0.15, 0.2) is 0 Å². The van der Waals surface area contributed by atoms with Gasteiger partial charge in [-0.3, -0.25) is 9.59 Å². The molecular weight excluding hydrogens is 210 g/mol. The van der Waals surface area contributed by atoms with Crippen molar-refractivity contribution in [2.75, 3.05) is 52.5 Å². The largest absolute Gasteiger partial charge is 0.378 e. The minimum Gasteiger partial charge on any atom is -0.378 e. The number of nitrogens with zero attached hydrogens (tertiary/aromatic N) is 2. The maximum atomic E-state index is 11.9. The third-order valence-corrected chi connectivity index (χ3v) is 2.97. The molecule has 2 N–H and O–H groups in total. The predicted octanol–water partition coefficient (Wildman–Crippen LogP) is -2.75. The van der Waals surface area contributed by atoms with Gasteiger partial charge in [0.05, 0.1) is 39.4 Å². The van der Waals surface area contributed by atoms with Crippen molar-refractivity contribution in [2.24, 2.45) is 0 Å². The summed E-state index contributed by atoms with van der Waals surface area (Å²) in [6, 6.07) is 0. The molecule has 0 aromatic carbocycles. The zero-order valence-corrected chi connectivity index (χ0v) is 9.35. The summed E-state index contributed by atoms with van der Waals surface area (Å²) in [5.41, 5.74) is 0. The molecule has 0 aliphatic carbocycles. The van der Waals surface area contributed by atoms with Crippen molar-refractivity contribution in [3.8, 4) is 0 Å². The molecule has 2 rings (SSSR count). The van der Waals surface area contributed by atoms with Gasteiger partial charge in [-0.2, -0.15) is 0 Å². The fraction of sp³-hybridized carbons (Fsp3) is 0.800. The first-order valence-electron chi connectivity index (χ1n) is 5.76. The zero-order valence-electron chi connectivity index (χ0n) is 9.35. The summed E-state index contributed by atoms with van der Waals surface area (Å²) in [5, 5.41) is 2.16. The number of quaternary nitrogens is 1. The fourth-order valence-electron chi connectivity index (χ4n) is 1.99. The lowest BCUT2D eigenvalue weighted by atomic mass is 10.3. The van der Waals surface area contributed by atoms with Gasteiger partial charge in [-0.25, -0.2) is 0 Å². The van der Waals surface area contributed by atoms with Crippen molar-refractivity contribution in [3.05, 3.63) is 0 Å². The van der Waals surface area contributed by atoms with E-state index in [1.807, 2.05) is 0 Å². The molecule has 2 fully saturated rings. The van der Waals surface area contributed by atoms with Crippen LogP contribution in [0.1, 0.15) is 0 Å². The Balaban J connectivity index is 1.89. The number of piperazine rings is 1. The van der Waals surface area contributed by atoms with Crippen LogP contribution in [0.2, 0.25) is 0 Å². The lowest BCUT2D eigenvalue weighted by Gasteiger charge is -2.30. The van der Waals surface area contributed by atoms with Crippen LogP contribution in [0.5, 0.6) is 0 Å². The van der Waals surface area contributed by atoms with Crippen LogP contribution in [0.4, 0.5) is 0 Å². The first-order chi connectivity index (χ1) is 7.79. The molecule has 0 radical (unpaired) electrons. The Hall–Kier alpha value is -1.14. The van der Waals surface area contributed by atoms with Gasteiger partial charge in [-0.05, 0) is 0 Å². The van der Waals surface area contributed by atoms with Crippen molar-refractivity contribution in [2.45, 2.75) is 0 Å². The molecular formula is C10H18N3O3+. The second-order valence-corrected chi connectivity index (χ2v) is 4.06. The Labute approximate surface area is 94.5 Å². The molecule has 0 bridgehead atoms. The van der Waals surface area contributed by atoms with E-state index in [-0.39, 0.29) is 11.8 Å². The fourth-order valence-corrected chi connectivity index (χ4v) is 1.99. The van der Waals surface area contributed by atoms with Gasteiger partial charge in [-0.1, -0.05) is 0 Å². The van der Waals surface area contributed by atoms with Crippen molar-refractivity contribution >= 4 is 11.8 Å². The summed E-state index contributed by atoms with van der Waals surface area (Å²) in [5.74, 6) is -0.722. The second-order valence-electron chi connectivity index (χ2n) is 4.06. The first kappa shape index (κ1) is 11.3. The molecule has 0 spiro atoms. The molecule has 2 aliphatic rings. The number of morpholine rings is 1. The van der Waals surface area contributed by atoms with E-state index in [0.717, 1.165) is 13.1 Å². The van der Waals surface area contributed by atoms with Gasteiger partial charge in [0.2, 0.25) is 0 Å². The van der Waals surface area contributed by atoms with Crippen LogP contribution >= 0.6 is 0 Å². The molecule has 2 aliphatic heterocycles. The average molecular weight is 228 g/mol. The molecule has 6 nitrogen and oxygen atoms in total. The summed E-state index contributed by atoms with van der Waals surface area (Å²) in [6.45, 7) is 5.27. The number of hydrogen-bond acceptors (Lipinski definition) is 3. The zero-order chi connectivity index (χ0) is 11.4. The lowest BCUT2D eigenvalue weighted by Crippen LogP contribution is -2.90. The Morgan fingerprint density at radius 3 is 1.94 bits per heavy atom. The Morgan fingerprint density at radius 2 is 1.38 bits per heavy atom. The quantitative estimate of drug-likeness (QED) is 0.457. The molecule has 0 saturated carbocycles. The van der Waals surface area contributed by atoms with Gasteiger partial charge in [0.1, 0.15) is 0 Å². The highest BCUT2D eigenvalue weighted by molar-refractivity contribution is 6.34. The number of carbonyl (C=O) groups excluding carboxylic acids is 2. The highest BCUT2D eigenvalue weighted by atomic mass is 16.5. The van der Waals surface area contributed by atoms with Gasteiger partial charge in [0, 0.05) is 13.1 Å². The van der Waals surface area contributed by atoms with Gasteiger partial charge >= 0.3 is 11.8 Å². The number of nitrogens with two attached hydrogens (primary N) is 1. The first-order valence-corrected chi connectivity index (χ1v) is 5.76. The molecule has 0 aromatic heterocycles. The smallest absolute Gasteiger partial charge is 0.312 e. The van der Waals surface area contributed by atoms with Crippen molar-refractivity contribution < 1.29 is 19.6 Å². The van der Waals surface area contributed by atoms with Crippen molar-refractivity contribution in [1.82, 2.24) is 9.80 Å². The van der Waals surface area contributed by atoms with E-state index in [9.17, 15) is 9.59 Å². The van der Waals surface area contributed by atoms with E-state index in [0.29, 0.717) is 39.4 Å². The Bertz CT molecular complexity index is 242. The summed E-state index contributed by atoms with van der Waals surface area (Å²) in [6.07, 6.45) is 0. The Kier molecular flexibility index (Phi) is 3.74. The minimum atomic E-state index is -0.370.